The first kappa shape index (κ1) is 39.8. The number of phenols is 1. The van der Waals surface area contributed by atoms with Gasteiger partial charge in [-0.05, 0) is 93.8 Å². The highest BCUT2D eigenvalue weighted by Gasteiger charge is 2.35. The van der Waals surface area contributed by atoms with Gasteiger partial charge < -0.3 is 39.8 Å². The second-order valence-corrected chi connectivity index (χ2v) is 13.8. The molecule has 11 nitrogen and oxygen atoms in total. The molecule has 0 fully saturated rings. The van der Waals surface area contributed by atoms with Crippen LogP contribution in [-0.4, -0.2) is 65.2 Å². The van der Waals surface area contributed by atoms with Gasteiger partial charge in [0.1, 0.15) is 40.5 Å². The van der Waals surface area contributed by atoms with E-state index in [0.29, 0.717) is 73.7 Å². The molecule has 52 heavy (non-hydrogen) atoms. The van der Waals surface area contributed by atoms with Gasteiger partial charge in [0.25, 0.3) is 5.91 Å². The number of hydrogen-bond acceptors (Lipinski definition) is 8. The quantitative estimate of drug-likeness (QED) is 0.113. The lowest BCUT2D eigenvalue weighted by Gasteiger charge is -2.31. The Morgan fingerprint density at radius 3 is 2.29 bits per heavy atom. The summed E-state index contributed by atoms with van der Waals surface area (Å²) in [5.41, 5.74) is 3.23. The molecule has 4 N–H and O–H groups in total. The van der Waals surface area contributed by atoms with Gasteiger partial charge >= 0.3 is 12.1 Å². The van der Waals surface area contributed by atoms with Gasteiger partial charge in [-0.2, -0.15) is 0 Å². The number of amides is 2. The molecule has 0 aromatic heterocycles. The Morgan fingerprint density at radius 2 is 1.67 bits per heavy atom. The van der Waals surface area contributed by atoms with Crippen LogP contribution in [0.1, 0.15) is 83.9 Å². The molecule has 3 atom stereocenters. The van der Waals surface area contributed by atoms with E-state index < -0.39 is 41.8 Å². The van der Waals surface area contributed by atoms with Crippen molar-refractivity contribution in [1.82, 2.24) is 10.6 Å². The topological polar surface area (TPSA) is 153 Å². The van der Waals surface area contributed by atoms with Crippen molar-refractivity contribution >= 4 is 18.0 Å². The van der Waals surface area contributed by atoms with Crippen LogP contribution in [0, 0.1) is 5.82 Å². The van der Waals surface area contributed by atoms with Crippen molar-refractivity contribution in [2.75, 3.05) is 13.2 Å². The largest absolute Gasteiger partial charge is 0.507 e. The van der Waals surface area contributed by atoms with E-state index in [1.54, 1.807) is 45.9 Å². The number of carboxylic acid groups (broad SMARTS) is 1. The molecular weight excluding hydrogens is 671 g/mol. The molecule has 0 saturated carbocycles. The van der Waals surface area contributed by atoms with Crippen LogP contribution in [0.15, 0.2) is 48.5 Å². The number of ether oxygens (including phenoxy) is 4. The molecule has 4 rings (SSSR count). The number of nitrogens with one attached hydrogen (secondary N) is 2. The lowest BCUT2D eigenvalue weighted by molar-refractivity contribution is -0.141. The maximum absolute atomic E-state index is 13.5. The number of alkyl carbamates (subject to hydrolysis) is 1. The highest BCUT2D eigenvalue weighted by molar-refractivity contribution is 5.85. The zero-order chi connectivity index (χ0) is 38.0. The number of carbonyl (C=O) groups excluding carboxylic acids is 2. The van der Waals surface area contributed by atoms with E-state index in [1.165, 1.54) is 12.1 Å². The molecule has 0 radical (unpaired) electrons. The fourth-order valence-corrected chi connectivity index (χ4v) is 6.07. The minimum Gasteiger partial charge on any atom is -0.507 e. The molecule has 0 bridgehead atoms. The number of rotatable bonds is 16. The number of hydrogen-bond donors (Lipinski definition) is 4. The van der Waals surface area contributed by atoms with Gasteiger partial charge in [0, 0.05) is 23.6 Å². The lowest BCUT2D eigenvalue weighted by atomic mass is 9.95. The zero-order valence-electron chi connectivity index (χ0n) is 30.8. The minimum absolute atomic E-state index is 0.0460. The van der Waals surface area contributed by atoms with Crippen LogP contribution >= 0.6 is 0 Å². The average molecular weight is 723 g/mol. The van der Waals surface area contributed by atoms with Crippen LogP contribution in [0.25, 0.3) is 11.1 Å². The molecule has 3 unspecified atom stereocenters. The fourth-order valence-electron chi connectivity index (χ4n) is 6.07. The Bertz CT molecular complexity index is 1700. The standard InChI is InChI=1S/C40H51FN2O9/c1-7-11-28-32(49-20-10-21-50-34-23-31(44)29(22-24(34)8-2)25-12-16-27(41)17-13-25)18-14-26-15-19-33(51-36(26)28)37(45)42-30(9-3)35(38(46)47)43-39(48)52-40(4,5)6/h12-14,16-18,22-23,30,33,35,44H,7-11,15,19-21H2,1-6H3,(H,42,45)(H,43,48)(H,46,47). The first-order valence-electron chi connectivity index (χ1n) is 18.0. The van der Waals surface area contributed by atoms with Crippen molar-refractivity contribution in [3.05, 3.63) is 71.0 Å². The summed E-state index contributed by atoms with van der Waals surface area (Å²) in [5.74, 6) is -0.243. The monoisotopic (exact) mass is 722 g/mol. The number of aliphatic carboxylic acids is 1. The van der Waals surface area contributed by atoms with E-state index in [0.717, 1.165) is 23.1 Å². The summed E-state index contributed by atoms with van der Waals surface area (Å²) in [7, 11) is 0. The predicted octanol–water partition coefficient (Wildman–Crippen LogP) is 7.13. The van der Waals surface area contributed by atoms with Gasteiger partial charge in [-0.3, -0.25) is 4.79 Å². The van der Waals surface area contributed by atoms with Crippen molar-refractivity contribution in [1.29, 1.82) is 0 Å². The average Bonchev–Trinajstić information content (AvgIpc) is 3.09. The van der Waals surface area contributed by atoms with Crippen molar-refractivity contribution in [3.63, 3.8) is 0 Å². The Labute approximate surface area is 304 Å². The third kappa shape index (κ3) is 10.5. The fraction of sp³-hybridized carbons (Fsp3) is 0.475. The number of benzene rings is 3. The van der Waals surface area contributed by atoms with Gasteiger partial charge in [-0.25, -0.2) is 14.0 Å². The van der Waals surface area contributed by atoms with Crippen LogP contribution in [0.5, 0.6) is 23.0 Å². The second kappa shape index (κ2) is 18.0. The van der Waals surface area contributed by atoms with Gasteiger partial charge in [-0.15, -0.1) is 0 Å². The van der Waals surface area contributed by atoms with Crippen molar-refractivity contribution in [2.45, 2.75) is 110 Å². The number of carbonyl (C=O) groups is 3. The molecule has 0 aliphatic carbocycles. The SMILES string of the molecule is CCCc1c(OCCCOc2cc(O)c(-c3ccc(F)cc3)cc2CC)ccc2c1OC(C(=O)NC(CC)C(NC(=O)OC(C)(C)C)C(=O)O)CC2. The normalized spacial score (nSPS) is 15.0. The summed E-state index contributed by atoms with van der Waals surface area (Å²) in [6.07, 6.45) is 2.16. The van der Waals surface area contributed by atoms with E-state index in [9.17, 15) is 29.0 Å². The molecule has 0 saturated heterocycles. The molecule has 0 spiro atoms. The zero-order valence-corrected chi connectivity index (χ0v) is 30.8. The van der Waals surface area contributed by atoms with E-state index in [4.69, 9.17) is 18.9 Å². The number of aryl methyl sites for hydroxylation is 2. The Hall–Kier alpha value is -5.00. The third-order valence-corrected chi connectivity index (χ3v) is 8.65. The molecule has 1 aliphatic rings. The van der Waals surface area contributed by atoms with Gasteiger partial charge in [0.2, 0.25) is 0 Å². The van der Waals surface area contributed by atoms with Gasteiger partial charge in [0.15, 0.2) is 6.10 Å². The smallest absolute Gasteiger partial charge is 0.408 e. The molecule has 1 aliphatic heterocycles. The first-order valence-corrected chi connectivity index (χ1v) is 18.0. The molecule has 12 heteroatoms. The molecule has 1 heterocycles. The summed E-state index contributed by atoms with van der Waals surface area (Å²) in [6.45, 7) is 11.5. The number of halogens is 1. The molecule has 3 aromatic carbocycles. The number of aromatic hydroxyl groups is 1. The Kier molecular flexibility index (Phi) is 13.7. The van der Waals surface area contributed by atoms with Crippen LogP contribution in [0.4, 0.5) is 9.18 Å². The summed E-state index contributed by atoms with van der Waals surface area (Å²) in [4.78, 5) is 37.9. The molecule has 282 valence electrons. The second-order valence-electron chi connectivity index (χ2n) is 13.8. The summed E-state index contributed by atoms with van der Waals surface area (Å²) >= 11 is 0. The molecule has 2 amide bonds. The highest BCUT2D eigenvalue weighted by atomic mass is 19.1. The van der Waals surface area contributed by atoms with Crippen LogP contribution in [0.3, 0.4) is 0 Å². The molecular formula is C40H51FN2O9. The summed E-state index contributed by atoms with van der Waals surface area (Å²) in [5, 5.41) is 25.7. The number of carboxylic acids is 1. The number of fused-ring (bicyclic) bond motifs is 1. The van der Waals surface area contributed by atoms with Crippen LogP contribution < -0.4 is 24.8 Å². The van der Waals surface area contributed by atoms with Crippen molar-refractivity contribution in [3.8, 4) is 34.1 Å². The van der Waals surface area contributed by atoms with Crippen LogP contribution in [-0.2, 0) is 33.6 Å². The maximum atomic E-state index is 13.5. The van der Waals surface area contributed by atoms with Gasteiger partial charge in [-0.1, -0.05) is 45.4 Å². The van der Waals surface area contributed by atoms with E-state index >= 15 is 0 Å². The highest BCUT2D eigenvalue weighted by Crippen LogP contribution is 2.39. The summed E-state index contributed by atoms with van der Waals surface area (Å²) in [6, 6.07) is 11.0. The van der Waals surface area contributed by atoms with Crippen molar-refractivity contribution in [2.24, 2.45) is 0 Å². The Morgan fingerprint density at radius 1 is 0.981 bits per heavy atom. The van der Waals surface area contributed by atoms with E-state index in [2.05, 4.69) is 10.6 Å². The minimum atomic E-state index is -1.40. The van der Waals surface area contributed by atoms with E-state index in [1.807, 2.05) is 32.0 Å². The first-order chi connectivity index (χ1) is 24.7. The predicted molar refractivity (Wildman–Crippen MR) is 195 cm³/mol. The lowest BCUT2D eigenvalue weighted by Crippen LogP contribution is -2.58. The maximum Gasteiger partial charge on any atom is 0.408 e. The summed E-state index contributed by atoms with van der Waals surface area (Å²) < 4.78 is 37.2. The number of phenolic OH excluding ortho intramolecular Hbond substituents is 1. The van der Waals surface area contributed by atoms with Crippen LogP contribution in [0.2, 0.25) is 0 Å². The Balaban J connectivity index is 1.38. The molecule has 3 aromatic rings. The van der Waals surface area contributed by atoms with E-state index in [-0.39, 0.29) is 18.0 Å². The van der Waals surface area contributed by atoms with Crippen molar-refractivity contribution < 1.29 is 47.9 Å². The van der Waals surface area contributed by atoms with Gasteiger partial charge in [0.05, 0.1) is 19.3 Å². The third-order valence-electron chi connectivity index (χ3n) is 8.65.